The number of hydrogen-bond acceptors (Lipinski definition) is 5. The van der Waals surface area contributed by atoms with Gasteiger partial charge in [0.25, 0.3) is 5.91 Å². The summed E-state index contributed by atoms with van der Waals surface area (Å²) in [5.74, 6) is -0.387. The molecule has 21 heavy (non-hydrogen) atoms. The number of ether oxygens (including phenoxy) is 1. The van der Waals surface area contributed by atoms with Gasteiger partial charge < -0.3 is 14.7 Å². The van der Waals surface area contributed by atoms with E-state index >= 15 is 0 Å². The number of likely N-dealkylation sites (N-methyl/N-ethyl adjacent to an activating group) is 1. The van der Waals surface area contributed by atoms with Crippen molar-refractivity contribution in [3.8, 4) is 5.75 Å². The fourth-order valence-electron chi connectivity index (χ4n) is 1.62. The predicted molar refractivity (Wildman–Crippen MR) is 80.2 cm³/mol. The smallest absolute Gasteiger partial charge is 0.312 e. The van der Waals surface area contributed by atoms with Crippen molar-refractivity contribution in [1.82, 2.24) is 4.90 Å². The van der Waals surface area contributed by atoms with Gasteiger partial charge >= 0.3 is 5.69 Å². The van der Waals surface area contributed by atoms with E-state index in [0.717, 1.165) is 0 Å². The Hall–Kier alpha value is -1.67. The molecule has 0 aliphatic rings. The molecule has 8 heteroatoms. The highest BCUT2D eigenvalue weighted by atomic mass is 79.9. The highest BCUT2D eigenvalue weighted by Crippen LogP contribution is 2.37. The van der Waals surface area contributed by atoms with Gasteiger partial charge in [0.2, 0.25) is 5.75 Å². The van der Waals surface area contributed by atoms with Crippen molar-refractivity contribution in [3.05, 3.63) is 32.3 Å². The van der Waals surface area contributed by atoms with E-state index in [1.54, 1.807) is 14.0 Å². The molecule has 1 rings (SSSR count). The average Bonchev–Trinajstić information content (AvgIpc) is 2.43. The van der Waals surface area contributed by atoms with E-state index in [9.17, 15) is 20.0 Å². The molecule has 0 saturated carbocycles. The van der Waals surface area contributed by atoms with E-state index in [4.69, 9.17) is 4.74 Å². The molecule has 0 bridgehead atoms. The monoisotopic (exact) mass is 360 g/mol. The standard InChI is InChI=1S/C13H17BrN2O5/c1-4-15(3)12(18)7-21-13-10(8(2)17)5-9(14)6-11(13)16(19)20/h5-6,8,17H,4,7H2,1-3H3/t8-/m0/s1. The van der Waals surface area contributed by atoms with Crippen LogP contribution in [-0.4, -0.2) is 41.0 Å². The van der Waals surface area contributed by atoms with Gasteiger partial charge in [0.1, 0.15) is 0 Å². The number of carbonyl (C=O) groups is 1. The predicted octanol–water partition coefficient (Wildman–Crippen LogP) is 2.27. The molecule has 1 N–H and O–H groups in total. The van der Waals surface area contributed by atoms with Crippen molar-refractivity contribution < 1.29 is 19.6 Å². The van der Waals surface area contributed by atoms with Gasteiger partial charge in [-0.05, 0) is 19.9 Å². The number of nitro benzene ring substituents is 1. The van der Waals surface area contributed by atoms with Crippen LogP contribution in [0.5, 0.6) is 5.75 Å². The SMILES string of the molecule is CCN(C)C(=O)COc1c([C@H](C)O)cc(Br)cc1[N+](=O)[O-]. The molecule has 0 fully saturated rings. The van der Waals surface area contributed by atoms with Gasteiger partial charge in [0, 0.05) is 29.7 Å². The van der Waals surface area contributed by atoms with Crippen LogP contribution in [0, 0.1) is 10.1 Å². The third-order valence-electron chi connectivity index (χ3n) is 2.95. The molecule has 7 nitrogen and oxygen atoms in total. The lowest BCUT2D eigenvalue weighted by Crippen LogP contribution is -2.31. The summed E-state index contributed by atoms with van der Waals surface area (Å²) in [6, 6.07) is 2.80. The van der Waals surface area contributed by atoms with Crippen LogP contribution >= 0.6 is 15.9 Å². The van der Waals surface area contributed by atoms with Crippen molar-refractivity contribution in [2.75, 3.05) is 20.2 Å². The molecule has 1 aromatic carbocycles. The lowest BCUT2D eigenvalue weighted by Gasteiger charge is -2.17. The fourth-order valence-corrected chi connectivity index (χ4v) is 2.09. The maximum Gasteiger partial charge on any atom is 0.312 e. The van der Waals surface area contributed by atoms with Gasteiger partial charge in [-0.1, -0.05) is 15.9 Å². The molecule has 0 aliphatic carbocycles. The molecule has 1 aromatic rings. The highest BCUT2D eigenvalue weighted by Gasteiger charge is 2.24. The second-order valence-electron chi connectivity index (χ2n) is 4.47. The van der Waals surface area contributed by atoms with Crippen LogP contribution in [0.3, 0.4) is 0 Å². The number of amides is 1. The Morgan fingerprint density at radius 1 is 1.57 bits per heavy atom. The van der Waals surface area contributed by atoms with Gasteiger partial charge in [-0.15, -0.1) is 0 Å². The van der Waals surface area contributed by atoms with Crippen molar-refractivity contribution in [2.24, 2.45) is 0 Å². The summed E-state index contributed by atoms with van der Waals surface area (Å²) in [7, 11) is 1.61. The molecule has 0 aromatic heterocycles. The molecule has 0 radical (unpaired) electrons. The summed E-state index contributed by atoms with van der Waals surface area (Å²) in [6.07, 6.45) is -0.963. The van der Waals surface area contributed by atoms with E-state index in [1.807, 2.05) is 0 Å². The third-order valence-corrected chi connectivity index (χ3v) is 3.41. The average molecular weight is 361 g/mol. The number of nitro groups is 1. The first-order valence-electron chi connectivity index (χ1n) is 6.30. The zero-order chi connectivity index (χ0) is 16.2. The third kappa shape index (κ3) is 4.40. The molecule has 0 heterocycles. The van der Waals surface area contributed by atoms with Gasteiger partial charge in [-0.3, -0.25) is 14.9 Å². The lowest BCUT2D eigenvalue weighted by atomic mass is 10.1. The summed E-state index contributed by atoms with van der Waals surface area (Å²) >= 11 is 3.15. The fraction of sp³-hybridized carbons (Fsp3) is 0.462. The van der Waals surface area contributed by atoms with Crippen LogP contribution in [0.15, 0.2) is 16.6 Å². The lowest BCUT2D eigenvalue weighted by molar-refractivity contribution is -0.386. The number of aliphatic hydroxyl groups is 1. The van der Waals surface area contributed by atoms with E-state index in [1.165, 1.54) is 24.0 Å². The second kappa shape index (κ2) is 7.37. The Kier molecular flexibility index (Phi) is 6.10. The Morgan fingerprint density at radius 3 is 2.67 bits per heavy atom. The minimum atomic E-state index is -0.963. The summed E-state index contributed by atoms with van der Waals surface area (Å²) in [4.78, 5) is 23.7. The van der Waals surface area contributed by atoms with Crippen molar-refractivity contribution in [1.29, 1.82) is 0 Å². The minimum Gasteiger partial charge on any atom is -0.476 e. The normalized spacial score (nSPS) is 11.9. The van der Waals surface area contributed by atoms with Gasteiger partial charge in [-0.25, -0.2) is 0 Å². The quantitative estimate of drug-likeness (QED) is 0.620. The first kappa shape index (κ1) is 17.4. The molecular formula is C13H17BrN2O5. The summed E-state index contributed by atoms with van der Waals surface area (Å²) < 4.78 is 5.77. The Balaban J connectivity index is 3.14. The van der Waals surface area contributed by atoms with E-state index in [2.05, 4.69) is 15.9 Å². The van der Waals surface area contributed by atoms with Crippen LogP contribution < -0.4 is 4.74 Å². The van der Waals surface area contributed by atoms with Crippen LogP contribution in [0.2, 0.25) is 0 Å². The van der Waals surface area contributed by atoms with Gasteiger partial charge in [-0.2, -0.15) is 0 Å². The zero-order valence-corrected chi connectivity index (χ0v) is 13.6. The van der Waals surface area contributed by atoms with Crippen LogP contribution in [0.1, 0.15) is 25.5 Å². The number of aliphatic hydroxyl groups excluding tert-OH is 1. The van der Waals surface area contributed by atoms with Crippen molar-refractivity contribution in [2.45, 2.75) is 20.0 Å². The first-order chi connectivity index (χ1) is 9.77. The van der Waals surface area contributed by atoms with Gasteiger partial charge in [0.15, 0.2) is 6.61 Å². The number of rotatable bonds is 6. The van der Waals surface area contributed by atoms with E-state index in [0.29, 0.717) is 11.0 Å². The number of hydrogen-bond donors (Lipinski definition) is 1. The summed E-state index contributed by atoms with van der Waals surface area (Å²) in [5, 5.41) is 20.8. The van der Waals surface area contributed by atoms with Crippen LogP contribution in [-0.2, 0) is 4.79 Å². The molecule has 0 aliphatic heterocycles. The first-order valence-corrected chi connectivity index (χ1v) is 7.09. The molecular weight excluding hydrogens is 344 g/mol. The number of benzene rings is 1. The molecule has 0 spiro atoms. The molecule has 1 amide bonds. The van der Waals surface area contributed by atoms with E-state index < -0.39 is 11.0 Å². The maximum absolute atomic E-state index is 11.7. The molecule has 0 unspecified atom stereocenters. The van der Waals surface area contributed by atoms with Crippen molar-refractivity contribution >= 4 is 27.5 Å². The highest BCUT2D eigenvalue weighted by molar-refractivity contribution is 9.10. The van der Waals surface area contributed by atoms with Crippen molar-refractivity contribution in [3.63, 3.8) is 0 Å². The van der Waals surface area contributed by atoms with E-state index in [-0.39, 0.29) is 29.5 Å². The number of halogens is 1. The summed E-state index contributed by atoms with van der Waals surface area (Å²) in [5.41, 5.74) is -0.0461. The van der Waals surface area contributed by atoms with Crippen LogP contribution in [0.25, 0.3) is 0 Å². The zero-order valence-electron chi connectivity index (χ0n) is 12.0. The van der Waals surface area contributed by atoms with Crippen LogP contribution in [0.4, 0.5) is 5.69 Å². The Labute approximate surface area is 130 Å². The molecule has 116 valence electrons. The Morgan fingerprint density at radius 2 is 2.19 bits per heavy atom. The van der Waals surface area contributed by atoms with Gasteiger partial charge in [0.05, 0.1) is 11.0 Å². The topological polar surface area (TPSA) is 92.9 Å². The second-order valence-corrected chi connectivity index (χ2v) is 5.39. The number of carbonyl (C=O) groups excluding carboxylic acids is 1. The Bertz CT molecular complexity index is 548. The number of nitrogens with zero attached hydrogens (tertiary/aromatic N) is 2. The summed E-state index contributed by atoms with van der Waals surface area (Å²) in [6.45, 7) is 3.46. The molecule has 1 atom stereocenters. The molecule has 0 saturated heterocycles. The largest absolute Gasteiger partial charge is 0.476 e. The minimum absolute atomic E-state index is 0.0870. The maximum atomic E-state index is 11.7.